The molecule has 0 spiro atoms. The van der Waals surface area contributed by atoms with E-state index in [1.807, 2.05) is 4.90 Å². The van der Waals surface area contributed by atoms with Gasteiger partial charge in [-0.1, -0.05) is 5.92 Å². The Morgan fingerprint density at radius 3 is 2.65 bits per heavy atom. The van der Waals surface area contributed by atoms with Gasteiger partial charge in [0.05, 0.1) is 11.1 Å². The third-order valence-electron chi connectivity index (χ3n) is 4.07. The second-order valence-electron chi connectivity index (χ2n) is 5.80. The van der Waals surface area contributed by atoms with Gasteiger partial charge in [0.25, 0.3) is 11.8 Å². The van der Waals surface area contributed by atoms with Crippen LogP contribution in [-0.2, 0) is 4.79 Å². The van der Waals surface area contributed by atoms with Crippen LogP contribution < -0.4 is 27.1 Å². The van der Waals surface area contributed by atoms with Gasteiger partial charge < -0.3 is 25.9 Å². The van der Waals surface area contributed by atoms with Crippen LogP contribution in [-0.4, -0.2) is 45.9 Å². The van der Waals surface area contributed by atoms with Crippen LogP contribution in [0.25, 0.3) is 11.0 Å². The lowest BCUT2D eigenvalue weighted by Crippen LogP contribution is -2.37. The fourth-order valence-corrected chi connectivity index (χ4v) is 2.92. The molecular weight excluding hydrogens is 340 g/mol. The first-order valence-electron chi connectivity index (χ1n) is 7.84. The van der Waals surface area contributed by atoms with Gasteiger partial charge in [-0.05, 0) is 19.3 Å². The van der Waals surface area contributed by atoms with E-state index in [2.05, 4.69) is 32.1 Å². The summed E-state index contributed by atoms with van der Waals surface area (Å²) in [6.45, 7) is 2.58. The fraction of sp³-hybridized carbons (Fsp3) is 0.312. The number of aromatic nitrogens is 3. The maximum absolute atomic E-state index is 11.7. The van der Waals surface area contributed by atoms with E-state index in [-0.39, 0.29) is 28.5 Å². The molecule has 0 aliphatic carbocycles. The van der Waals surface area contributed by atoms with Crippen molar-refractivity contribution in [1.29, 1.82) is 0 Å². The molecule has 26 heavy (non-hydrogen) atoms. The first-order valence-corrected chi connectivity index (χ1v) is 7.84. The summed E-state index contributed by atoms with van der Waals surface area (Å²) in [4.78, 5) is 57.4. The lowest BCUT2D eigenvalue weighted by molar-refractivity contribution is -0.116. The second kappa shape index (κ2) is 6.72. The van der Waals surface area contributed by atoms with Crippen molar-refractivity contribution in [2.24, 2.45) is 5.73 Å². The quantitative estimate of drug-likeness (QED) is 0.385. The summed E-state index contributed by atoms with van der Waals surface area (Å²) in [5.41, 5.74) is 3.90. The molecule has 0 saturated carbocycles. The molecule has 3 heterocycles. The normalized spacial score (nSPS) is 16.2. The zero-order valence-corrected chi connectivity index (χ0v) is 13.9. The van der Waals surface area contributed by atoms with Crippen molar-refractivity contribution < 1.29 is 9.59 Å². The molecule has 1 fully saturated rings. The van der Waals surface area contributed by atoms with E-state index in [1.165, 1.54) is 6.20 Å². The van der Waals surface area contributed by atoms with Gasteiger partial charge in [0, 0.05) is 25.3 Å². The average molecular weight is 356 g/mol. The number of aromatic amines is 2. The number of amides is 2. The molecular formula is C16H16N6O4. The van der Waals surface area contributed by atoms with E-state index in [4.69, 9.17) is 5.73 Å². The topological polar surface area (TPSA) is 154 Å². The Hall–Kier alpha value is -3.61. The lowest BCUT2D eigenvalue weighted by Gasteiger charge is -2.19. The third-order valence-corrected chi connectivity index (χ3v) is 4.07. The van der Waals surface area contributed by atoms with Crippen LogP contribution in [0.15, 0.2) is 15.8 Å². The van der Waals surface area contributed by atoms with Crippen LogP contribution in [0.3, 0.4) is 0 Å². The summed E-state index contributed by atoms with van der Waals surface area (Å²) in [5.74, 6) is 4.20. The Bertz CT molecular complexity index is 1070. The van der Waals surface area contributed by atoms with Gasteiger partial charge in [-0.3, -0.25) is 19.2 Å². The first kappa shape index (κ1) is 17.2. The van der Waals surface area contributed by atoms with Crippen LogP contribution in [0.2, 0.25) is 0 Å². The summed E-state index contributed by atoms with van der Waals surface area (Å²) < 4.78 is 0. The number of pyridine rings is 1. The lowest BCUT2D eigenvalue weighted by atomic mass is 10.2. The van der Waals surface area contributed by atoms with Gasteiger partial charge in [-0.25, -0.2) is 4.98 Å². The number of fused-ring (bicyclic) bond motifs is 1. The number of H-pyrrole nitrogens is 2. The molecule has 1 saturated heterocycles. The SMILES string of the molecule is CC#CC(=O)NC1CCN(c2ncc(C(N)=O)c3[nH]c(=O)c(=O)[nH]c23)C1. The summed E-state index contributed by atoms with van der Waals surface area (Å²) in [6.07, 6.45) is 1.91. The smallest absolute Gasteiger partial charge is 0.314 e. The maximum Gasteiger partial charge on any atom is 0.314 e. The van der Waals surface area contributed by atoms with Gasteiger partial charge >= 0.3 is 11.1 Å². The van der Waals surface area contributed by atoms with Crippen LogP contribution in [0.5, 0.6) is 0 Å². The molecule has 134 valence electrons. The van der Waals surface area contributed by atoms with E-state index in [0.29, 0.717) is 25.3 Å². The molecule has 0 radical (unpaired) electrons. The highest BCUT2D eigenvalue weighted by molar-refractivity contribution is 6.05. The summed E-state index contributed by atoms with van der Waals surface area (Å²) >= 11 is 0. The predicted molar refractivity (Wildman–Crippen MR) is 93.7 cm³/mol. The van der Waals surface area contributed by atoms with E-state index < -0.39 is 17.0 Å². The van der Waals surface area contributed by atoms with Crippen molar-refractivity contribution in [1.82, 2.24) is 20.3 Å². The van der Waals surface area contributed by atoms with Gasteiger partial charge in [0.2, 0.25) is 0 Å². The number of carbonyl (C=O) groups is 2. The molecule has 1 aliphatic rings. The third kappa shape index (κ3) is 3.14. The van der Waals surface area contributed by atoms with Gasteiger partial charge in [0.1, 0.15) is 5.52 Å². The summed E-state index contributed by atoms with van der Waals surface area (Å²) in [5, 5.41) is 2.79. The minimum atomic E-state index is -0.887. The zero-order valence-electron chi connectivity index (χ0n) is 13.9. The van der Waals surface area contributed by atoms with Crippen LogP contribution in [0.4, 0.5) is 5.82 Å². The summed E-state index contributed by atoms with van der Waals surface area (Å²) in [6, 6.07) is -0.134. The molecule has 3 rings (SSSR count). The van der Waals surface area contributed by atoms with Crippen molar-refractivity contribution in [3.8, 4) is 11.8 Å². The van der Waals surface area contributed by atoms with Crippen LogP contribution in [0.1, 0.15) is 23.7 Å². The number of rotatable bonds is 3. The molecule has 0 aromatic carbocycles. The molecule has 1 atom stereocenters. The number of nitrogens with one attached hydrogen (secondary N) is 3. The second-order valence-corrected chi connectivity index (χ2v) is 5.80. The average Bonchev–Trinajstić information content (AvgIpc) is 3.03. The highest BCUT2D eigenvalue weighted by Crippen LogP contribution is 2.25. The van der Waals surface area contributed by atoms with Crippen LogP contribution in [0, 0.1) is 11.8 Å². The number of hydrogen-bond acceptors (Lipinski definition) is 6. The number of carbonyl (C=O) groups excluding carboxylic acids is 2. The molecule has 10 heteroatoms. The minimum absolute atomic E-state index is 0.000583. The molecule has 2 amide bonds. The van der Waals surface area contributed by atoms with Gasteiger partial charge in [-0.2, -0.15) is 0 Å². The first-order chi connectivity index (χ1) is 12.4. The number of anilines is 1. The summed E-state index contributed by atoms with van der Waals surface area (Å²) in [7, 11) is 0. The molecule has 2 aromatic heterocycles. The Labute approximate surface area is 146 Å². The number of nitrogens with two attached hydrogens (primary N) is 1. The monoisotopic (exact) mass is 356 g/mol. The van der Waals surface area contributed by atoms with E-state index in [9.17, 15) is 19.2 Å². The molecule has 5 N–H and O–H groups in total. The Morgan fingerprint density at radius 1 is 1.31 bits per heavy atom. The zero-order chi connectivity index (χ0) is 18.8. The van der Waals surface area contributed by atoms with Gasteiger partial charge in [-0.15, -0.1) is 0 Å². The standard InChI is InChI=1S/C16H16N6O4/c1-2-3-10(23)19-8-4-5-22(7-8)14-12-11(9(6-18-14)13(17)24)20-15(25)16(26)21-12/h6,8H,4-5,7H2,1H3,(H2,17,24)(H,19,23)(H,20,25)(H,21,26). The minimum Gasteiger partial charge on any atom is -0.365 e. The fourth-order valence-electron chi connectivity index (χ4n) is 2.92. The van der Waals surface area contributed by atoms with E-state index in [0.717, 1.165) is 0 Å². The molecule has 0 bridgehead atoms. The number of nitrogens with zero attached hydrogens (tertiary/aromatic N) is 2. The molecule has 10 nitrogen and oxygen atoms in total. The Balaban J connectivity index is 2.00. The van der Waals surface area contributed by atoms with Crippen molar-refractivity contribution in [2.75, 3.05) is 18.0 Å². The van der Waals surface area contributed by atoms with E-state index in [1.54, 1.807) is 6.92 Å². The van der Waals surface area contributed by atoms with Crippen molar-refractivity contribution in [2.45, 2.75) is 19.4 Å². The molecule has 2 aromatic rings. The number of primary amides is 1. The maximum atomic E-state index is 11.7. The van der Waals surface area contributed by atoms with Crippen molar-refractivity contribution >= 4 is 28.7 Å². The molecule has 1 unspecified atom stereocenters. The highest BCUT2D eigenvalue weighted by Gasteiger charge is 2.27. The molecule has 1 aliphatic heterocycles. The largest absolute Gasteiger partial charge is 0.365 e. The Morgan fingerprint density at radius 2 is 2.00 bits per heavy atom. The van der Waals surface area contributed by atoms with Crippen molar-refractivity contribution in [3.05, 3.63) is 32.5 Å². The van der Waals surface area contributed by atoms with Gasteiger partial charge in [0.15, 0.2) is 5.82 Å². The van der Waals surface area contributed by atoms with E-state index >= 15 is 0 Å². The predicted octanol–water partition coefficient (Wildman–Crippen LogP) is -1.57. The Kier molecular flexibility index (Phi) is 4.45. The number of hydrogen-bond donors (Lipinski definition) is 4. The van der Waals surface area contributed by atoms with Crippen molar-refractivity contribution in [3.63, 3.8) is 0 Å². The highest BCUT2D eigenvalue weighted by atomic mass is 16.2. The van der Waals surface area contributed by atoms with Crippen LogP contribution >= 0.6 is 0 Å².